The Labute approximate surface area is 118 Å². The predicted molar refractivity (Wildman–Crippen MR) is 82.2 cm³/mol. The van der Waals surface area contributed by atoms with E-state index in [1.54, 1.807) is 22.3 Å². The summed E-state index contributed by atoms with van der Waals surface area (Å²) >= 11 is 0. The van der Waals surface area contributed by atoms with Gasteiger partial charge in [0.2, 0.25) is 0 Å². The van der Waals surface area contributed by atoms with Crippen molar-refractivity contribution < 1.29 is 0 Å². The molecule has 2 fully saturated rings. The van der Waals surface area contributed by atoms with Crippen molar-refractivity contribution in [3.8, 4) is 0 Å². The van der Waals surface area contributed by atoms with Gasteiger partial charge in [0.25, 0.3) is 0 Å². The molecule has 2 saturated heterocycles. The van der Waals surface area contributed by atoms with Crippen molar-refractivity contribution in [1.29, 1.82) is 0 Å². The van der Waals surface area contributed by atoms with E-state index in [1.165, 1.54) is 19.3 Å². The van der Waals surface area contributed by atoms with Crippen molar-refractivity contribution in [3.63, 3.8) is 0 Å². The molecular formula is C18H29N. The standard InChI is InChI=1S/C18H29N/c1-17(2,3)11-10-12(18(4,5)6)16-14-9-8-13(15(11)16)19(14)7/h13-14H,8-10H2,1-7H3. The second-order valence-corrected chi connectivity index (χ2v) is 8.74. The summed E-state index contributed by atoms with van der Waals surface area (Å²) in [5.41, 5.74) is 7.59. The number of rotatable bonds is 0. The van der Waals surface area contributed by atoms with Crippen LogP contribution in [0.2, 0.25) is 0 Å². The molecule has 2 unspecified atom stereocenters. The first kappa shape index (κ1) is 13.4. The number of nitrogens with zero attached hydrogens (tertiary/aromatic N) is 1. The third-order valence-electron chi connectivity index (χ3n) is 5.47. The predicted octanol–water partition coefficient (Wildman–Crippen LogP) is 4.55. The third kappa shape index (κ3) is 1.77. The van der Waals surface area contributed by atoms with Gasteiger partial charge in [-0.05, 0) is 48.3 Å². The molecule has 1 heteroatoms. The van der Waals surface area contributed by atoms with Crippen LogP contribution in [0.3, 0.4) is 0 Å². The molecule has 0 N–H and O–H groups in total. The van der Waals surface area contributed by atoms with Gasteiger partial charge in [-0.25, -0.2) is 0 Å². The normalized spacial score (nSPS) is 31.7. The topological polar surface area (TPSA) is 3.24 Å². The fraction of sp³-hybridized carbons (Fsp3) is 0.778. The highest BCUT2D eigenvalue weighted by Crippen LogP contribution is 2.57. The third-order valence-corrected chi connectivity index (χ3v) is 5.47. The Morgan fingerprint density at radius 3 is 1.47 bits per heavy atom. The fourth-order valence-electron chi connectivity index (χ4n) is 4.43. The molecular weight excluding hydrogens is 230 g/mol. The summed E-state index contributed by atoms with van der Waals surface area (Å²) in [6, 6.07) is 1.43. The minimum atomic E-state index is 0.318. The Kier molecular flexibility index (Phi) is 2.65. The first-order valence-electron chi connectivity index (χ1n) is 7.81. The highest BCUT2D eigenvalue weighted by molar-refractivity contribution is 5.60. The van der Waals surface area contributed by atoms with Gasteiger partial charge in [0.05, 0.1) is 0 Å². The average Bonchev–Trinajstić information content (AvgIpc) is 2.84. The van der Waals surface area contributed by atoms with Crippen LogP contribution < -0.4 is 0 Å². The van der Waals surface area contributed by atoms with Crippen LogP contribution in [0.1, 0.15) is 60.8 Å². The van der Waals surface area contributed by atoms with E-state index < -0.39 is 0 Å². The number of likely N-dealkylation sites (N-methyl/N-ethyl adjacent to an activating group) is 1. The summed E-state index contributed by atoms with van der Waals surface area (Å²) in [5, 5.41) is 0. The highest BCUT2D eigenvalue weighted by atomic mass is 15.2. The SMILES string of the molecule is CN1C2CCC1C1=C(C(C)(C)C)CC(C(C)(C)C)=C12. The summed E-state index contributed by atoms with van der Waals surface area (Å²) in [5.74, 6) is 0. The van der Waals surface area contributed by atoms with Crippen LogP contribution in [0.25, 0.3) is 0 Å². The molecule has 0 aromatic carbocycles. The van der Waals surface area contributed by atoms with Gasteiger partial charge < -0.3 is 0 Å². The number of allylic oxidation sites excluding steroid dienone is 2. The zero-order valence-corrected chi connectivity index (χ0v) is 13.7. The maximum absolute atomic E-state index is 2.64. The van der Waals surface area contributed by atoms with E-state index in [4.69, 9.17) is 0 Å². The second-order valence-electron chi connectivity index (χ2n) is 8.74. The van der Waals surface area contributed by atoms with E-state index in [-0.39, 0.29) is 0 Å². The van der Waals surface area contributed by atoms with Gasteiger partial charge in [-0.3, -0.25) is 4.90 Å². The molecule has 3 aliphatic rings. The molecule has 0 aromatic rings. The minimum absolute atomic E-state index is 0.318. The number of fused-ring (bicyclic) bond motifs is 5. The van der Waals surface area contributed by atoms with Crippen LogP contribution in [0.4, 0.5) is 0 Å². The Bertz CT molecular complexity index is 435. The molecule has 0 amide bonds. The second kappa shape index (κ2) is 3.75. The highest BCUT2D eigenvalue weighted by Gasteiger charge is 2.51. The van der Waals surface area contributed by atoms with E-state index >= 15 is 0 Å². The zero-order chi connectivity index (χ0) is 14.2. The largest absolute Gasteiger partial charge is 0.292 e. The van der Waals surface area contributed by atoms with E-state index in [1.807, 2.05) is 0 Å². The van der Waals surface area contributed by atoms with Gasteiger partial charge >= 0.3 is 0 Å². The van der Waals surface area contributed by atoms with E-state index in [0.29, 0.717) is 22.9 Å². The van der Waals surface area contributed by atoms with Gasteiger partial charge in [-0.1, -0.05) is 52.7 Å². The summed E-state index contributed by atoms with van der Waals surface area (Å²) in [6.07, 6.45) is 3.98. The molecule has 106 valence electrons. The van der Waals surface area contributed by atoms with Gasteiger partial charge in [-0.2, -0.15) is 0 Å². The van der Waals surface area contributed by atoms with Gasteiger partial charge in [0.1, 0.15) is 0 Å². The van der Waals surface area contributed by atoms with Crippen LogP contribution in [0.15, 0.2) is 22.3 Å². The molecule has 2 bridgehead atoms. The monoisotopic (exact) mass is 259 g/mol. The Morgan fingerprint density at radius 1 is 0.789 bits per heavy atom. The molecule has 1 aliphatic carbocycles. The molecule has 0 saturated carbocycles. The molecule has 19 heavy (non-hydrogen) atoms. The summed E-state index contributed by atoms with van der Waals surface area (Å²) in [7, 11) is 2.33. The lowest BCUT2D eigenvalue weighted by Crippen LogP contribution is -2.26. The van der Waals surface area contributed by atoms with Gasteiger partial charge in [-0.15, -0.1) is 0 Å². The molecule has 3 rings (SSSR count). The lowest BCUT2D eigenvalue weighted by atomic mass is 9.78. The molecule has 1 nitrogen and oxygen atoms in total. The van der Waals surface area contributed by atoms with Crippen molar-refractivity contribution in [1.82, 2.24) is 4.90 Å². The van der Waals surface area contributed by atoms with Crippen LogP contribution in [0.5, 0.6) is 0 Å². The first-order valence-corrected chi connectivity index (χ1v) is 7.81. The Balaban J connectivity index is 2.16. The van der Waals surface area contributed by atoms with Crippen molar-refractivity contribution >= 4 is 0 Å². The Hall–Kier alpha value is -0.560. The van der Waals surface area contributed by atoms with Crippen molar-refractivity contribution in [2.75, 3.05) is 7.05 Å². The Morgan fingerprint density at radius 2 is 1.16 bits per heavy atom. The first-order chi connectivity index (χ1) is 8.62. The van der Waals surface area contributed by atoms with Crippen LogP contribution in [-0.2, 0) is 0 Å². The smallest absolute Gasteiger partial charge is 0.0355 e. The molecule has 0 aromatic heterocycles. The molecule has 0 spiro atoms. The van der Waals surface area contributed by atoms with Crippen molar-refractivity contribution in [3.05, 3.63) is 22.3 Å². The molecule has 0 radical (unpaired) electrons. The number of hydrogen-bond acceptors (Lipinski definition) is 1. The van der Waals surface area contributed by atoms with Crippen molar-refractivity contribution in [2.24, 2.45) is 10.8 Å². The van der Waals surface area contributed by atoms with Gasteiger partial charge in [0, 0.05) is 12.1 Å². The van der Waals surface area contributed by atoms with Crippen LogP contribution in [0, 0.1) is 10.8 Å². The lowest BCUT2D eigenvalue weighted by molar-refractivity contribution is 0.326. The maximum atomic E-state index is 2.64. The quantitative estimate of drug-likeness (QED) is 0.617. The van der Waals surface area contributed by atoms with E-state index in [0.717, 1.165) is 0 Å². The van der Waals surface area contributed by atoms with E-state index in [2.05, 4.69) is 53.5 Å². The van der Waals surface area contributed by atoms with Gasteiger partial charge in [0.15, 0.2) is 0 Å². The van der Waals surface area contributed by atoms with E-state index in [9.17, 15) is 0 Å². The fourth-order valence-corrected chi connectivity index (χ4v) is 4.43. The molecule has 2 aliphatic heterocycles. The molecule has 2 heterocycles. The lowest BCUT2D eigenvalue weighted by Gasteiger charge is -2.28. The zero-order valence-electron chi connectivity index (χ0n) is 13.7. The number of hydrogen-bond donors (Lipinski definition) is 0. The van der Waals surface area contributed by atoms with Crippen LogP contribution in [-0.4, -0.2) is 24.0 Å². The maximum Gasteiger partial charge on any atom is 0.0355 e. The minimum Gasteiger partial charge on any atom is -0.292 e. The summed E-state index contributed by atoms with van der Waals surface area (Å²) in [4.78, 5) is 2.64. The molecule has 2 atom stereocenters. The summed E-state index contributed by atoms with van der Waals surface area (Å²) < 4.78 is 0. The van der Waals surface area contributed by atoms with Crippen molar-refractivity contribution in [2.45, 2.75) is 72.9 Å². The van der Waals surface area contributed by atoms with Crippen LogP contribution >= 0.6 is 0 Å². The average molecular weight is 259 g/mol. The summed E-state index contributed by atoms with van der Waals surface area (Å²) in [6.45, 7) is 14.4.